The van der Waals surface area contributed by atoms with Crippen LogP contribution in [0.3, 0.4) is 0 Å². The molecule has 1 N–H and O–H groups in total. The molecular weight excluding hydrogens is 411 g/mol. The summed E-state index contributed by atoms with van der Waals surface area (Å²) in [5, 5.41) is 0. The normalized spacial score (nSPS) is 10.4. The topological polar surface area (TPSA) is 55.0 Å². The molecule has 1 aromatic heterocycles. The zero-order valence-corrected chi connectivity index (χ0v) is 13.5. The van der Waals surface area contributed by atoms with Gasteiger partial charge in [0.15, 0.2) is 0 Å². The summed E-state index contributed by atoms with van der Waals surface area (Å²) in [6, 6.07) is 5.53. The van der Waals surface area contributed by atoms with Crippen LogP contribution in [0.4, 0.5) is 0 Å². The minimum Gasteiger partial charge on any atom is -0.497 e. The first-order valence-electron chi connectivity index (χ1n) is 5.13. The lowest BCUT2D eigenvalue weighted by atomic mass is 10.2. The van der Waals surface area contributed by atoms with Crippen LogP contribution in [0.15, 0.2) is 27.5 Å². The van der Waals surface area contributed by atoms with Crippen molar-refractivity contribution in [2.75, 3.05) is 7.11 Å². The van der Waals surface area contributed by atoms with Crippen molar-refractivity contribution in [3.8, 4) is 17.1 Å². The zero-order valence-electron chi connectivity index (χ0n) is 9.75. The summed E-state index contributed by atoms with van der Waals surface area (Å²) in [5.41, 5.74) is 1.38. The smallest absolute Gasteiger partial charge is 0.264 e. The Hall–Kier alpha value is -0.890. The third-order valence-electron chi connectivity index (χ3n) is 2.46. The Morgan fingerprint density at radius 3 is 2.78 bits per heavy atom. The van der Waals surface area contributed by atoms with Crippen LogP contribution >= 0.6 is 38.5 Å². The molecule has 0 spiro atoms. The second-order valence-corrected chi connectivity index (χ2v) is 5.59. The number of nitrogens with one attached hydrogen (secondary N) is 1. The Bertz CT molecular complexity index is 655. The molecule has 1 heterocycles. The molecule has 2 rings (SSSR count). The van der Waals surface area contributed by atoms with Crippen molar-refractivity contribution in [2.45, 2.75) is 6.92 Å². The molecule has 0 radical (unpaired) electrons. The third-order valence-corrected chi connectivity index (χ3v) is 4.42. The number of benzene rings is 1. The Labute approximate surface area is 126 Å². The van der Waals surface area contributed by atoms with Crippen LogP contribution in [0.1, 0.15) is 5.69 Å². The second-order valence-electron chi connectivity index (χ2n) is 3.66. The highest BCUT2D eigenvalue weighted by Gasteiger charge is 2.10. The lowest BCUT2D eigenvalue weighted by molar-refractivity contribution is 0.415. The van der Waals surface area contributed by atoms with Gasteiger partial charge in [0.2, 0.25) is 0 Å². The summed E-state index contributed by atoms with van der Waals surface area (Å²) < 4.78 is 6.63. The van der Waals surface area contributed by atoms with Gasteiger partial charge in [-0.1, -0.05) is 15.9 Å². The number of aromatic nitrogens is 2. The summed E-state index contributed by atoms with van der Waals surface area (Å²) >= 11 is 5.43. The van der Waals surface area contributed by atoms with Crippen LogP contribution in [0.2, 0.25) is 0 Å². The molecule has 0 aliphatic rings. The van der Waals surface area contributed by atoms with E-state index in [1.54, 1.807) is 7.11 Å². The van der Waals surface area contributed by atoms with Crippen LogP contribution in [-0.2, 0) is 0 Å². The predicted octanol–water partition coefficient (Wildman–Crippen LogP) is 3.12. The highest BCUT2D eigenvalue weighted by Crippen LogP contribution is 2.29. The van der Waals surface area contributed by atoms with E-state index >= 15 is 0 Å². The van der Waals surface area contributed by atoms with Gasteiger partial charge in [0, 0.05) is 10.0 Å². The Morgan fingerprint density at radius 2 is 2.17 bits per heavy atom. The molecule has 6 heteroatoms. The summed E-state index contributed by atoms with van der Waals surface area (Å²) in [6.45, 7) is 1.81. The van der Waals surface area contributed by atoms with Gasteiger partial charge in [0.25, 0.3) is 5.56 Å². The van der Waals surface area contributed by atoms with E-state index in [-0.39, 0.29) is 5.56 Å². The highest BCUT2D eigenvalue weighted by molar-refractivity contribution is 14.1. The minimum absolute atomic E-state index is 0.132. The van der Waals surface area contributed by atoms with Crippen molar-refractivity contribution in [3.63, 3.8) is 0 Å². The Morgan fingerprint density at radius 1 is 1.44 bits per heavy atom. The maximum Gasteiger partial charge on any atom is 0.264 e. The maximum absolute atomic E-state index is 11.8. The van der Waals surface area contributed by atoms with E-state index in [0.29, 0.717) is 20.8 Å². The number of aromatic amines is 1. The summed E-state index contributed by atoms with van der Waals surface area (Å²) in [5.74, 6) is 1.25. The predicted molar refractivity (Wildman–Crippen MR) is 82.0 cm³/mol. The first-order valence-corrected chi connectivity index (χ1v) is 7.00. The van der Waals surface area contributed by atoms with Gasteiger partial charge in [0.05, 0.1) is 16.4 Å². The molecule has 0 saturated carbocycles. The van der Waals surface area contributed by atoms with Crippen LogP contribution in [0, 0.1) is 10.5 Å². The summed E-state index contributed by atoms with van der Waals surface area (Å²) in [7, 11) is 1.60. The molecule has 94 valence electrons. The number of H-pyrrole nitrogens is 1. The van der Waals surface area contributed by atoms with Gasteiger partial charge in [0.1, 0.15) is 11.6 Å². The van der Waals surface area contributed by atoms with Gasteiger partial charge in [-0.05, 0) is 47.7 Å². The molecule has 1 aromatic carbocycles. The number of methoxy groups -OCH3 is 1. The SMILES string of the molecule is COc1ccc(Br)c(-c2nc(C)c(I)c(=O)[nH]2)c1. The molecule has 2 aromatic rings. The molecule has 0 unspecified atom stereocenters. The van der Waals surface area contributed by atoms with Gasteiger partial charge in [-0.3, -0.25) is 4.79 Å². The van der Waals surface area contributed by atoms with E-state index in [9.17, 15) is 4.79 Å². The molecular formula is C12H10BrIN2O2. The maximum atomic E-state index is 11.8. The van der Waals surface area contributed by atoms with E-state index < -0.39 is 0 Å². The van der Waals surface area contributed by atoms with Crippen LogP contribution in [0.5, 0.6) is 5.75 Å². The molecule has 0 aliphatic heterocycles. The van der Waals surface area contributed by atoms with Crippen LogP contribution in [-0.4, -0.2) is 17.1 Å². The molecule has 0 aliphatic carbocycles. The Balaban J connectivity index is 2.65. The summed E-state index contributed by atoms with van der Waals surface area (Å²) in [6.07, 6.45) is 0. The van der Waals surface area contributed by atoms with Gasteiger partial charge < -0.3 is 9.72 Å². The second kappa shape index (κ2) is 5.40. The lowest BCUT2D eigenvalue weighted by Gasteiger charge is -2.08. The van der Waals surface area contributed by atoms with E-state index in [0.717, 1.165) is 10.0 Å². The first kappa shape index (κ1) is 13.5. The Kier molecular flexibility index (Phi) is 4.06. The first-order chi connectivity index (χ1) is 8.52. The average Bonchev–Trinajstić information content (AvgIpc) is 2.36. The zero-order chi connectivity index (χ0) is 13.3. The van der Waals surface area contributed by atoms with Crippen molar-refractivity contribution in [1.82, 2.24) is 9.97 Å². The number of hydrogen-bond acceptors (Lipinski definition) is 3. The van der Waals surface area contributed by atoms with Crippen LogP contribution < -0.4 is 10.3 Å². The van der Waals surface area contributed by atoms with Gasteiger partial charge in [-0.2, -0.15) is 0 Å². The molecule has 0 saturated heterocycles. The van der Waals surface area contributed by atoms with E-state index in [2.05, 4.69) is 25.9 Å². The fourth-order valence-electron chi connectivity index (χ4n) is 1.51. The molecule has 0 fully saturated rings. The molecule has 0 amide bonds. The minimum atomic E-state index is -0.132. The molecule has 0 atom stereocenters. The molecule has 18 heavy (non-hydrogen) atoms. The summed E-state index contributed by atoms with van der Waals surface area (Å²) in [4.78, 5) is 18.9. The number of rotatable bonds is 2. The third kappa shape index (κ3) is 2.59. The van der Waals surface area contributed by atoms with Gasteiger partial charge in [-0.15, -0.1) is 0 Å². The van der Waals surface area contributed by atoms with Gasteiger partial charge in [-0.25, -0.2) is 4.98 Å². The molecule has 4 nitrogen and oxygen atoms in total. The number of aryl methyl sites for hydroxylation is 1. The van der Waals surface area contributed by atoms with Crippen LogP contribution in [0.25, 0.3) is 11.4 Å². The standard InChI is InChI=1S/C12H10BrIN2O2/c1-6-10(14)12(17)16-11(15-6)8-5-7(18-2)3-4-9(8)13/h3-5H,1-2H3,(H,15,16,17). The largest absolute Gasteiger partial charge is 0.497 e. The van der Waals surface area contributed by atoms with E-state index in [1.165, 1.54) is 0 Å². The monoisotopic (exact) mass is 420 g/mol. The van der Waals surface area contributed by atoms with Crippen molar-refractivity contribution < 1.29 is 4.74 Å². The van der Waals surface area contributed by atoms with E-state index in [4.69, 9.17) is 4.74 Å². The lowest BCUT2D eigenvalue weighted by Crippen LogP contribution is -2.14. The fraction of sp³-hybridized carbons (Fsp3) is 0.167. The van der Waals surface area contributed by atoms with E-state index in [1.807, 2.05) is 47.7 Å². The van der Waals surface area contributed by atoms with Crippen molar-refractivity contribution in [3.05, 3.63) is 42.3 Å². The number of ether oxygens (including phenoxy) is 1. The number of halogens is 2. The number of nitrogens with zero attached hydrogens (tertiary/aromatic N) is 1. The molecule has 0 bridgehead atoms. The number of hydrogen-bond donors (Lipinski definition) is 1. The van der Waals surface area contributed by atoms with Crippen molar-refractivity contribution in [1.29, 1.82) is 0 Å². The average molecular weight is 421 g/mol. The van der Waals surface area contributed by atoms with Crippen molar-refractivity contribution in [2.24, 2.45) is 0 Å². The van der Waals surface area contributed by atoms with Crippen molar-refractivity contribution >= 4 is 38.5 Å². The fourth-order valence-corrected chi connectivity index (χ4v) is 2.20. The highest BCUT2D eigenvalue weighted by atomic mass is 127. The van der Waals surface area contributed by atoms with Gasteiger partial charge >= 0.3 is 0 Å². The quantitative estimate of drug-likeness (QED) is 0.759.